The maximum absolute atomic E-state index is 2.56. The van der Waals surface area contributed by atoms with Crippen LogP contribution in [0.25, 0.3) is 0 Å². The van der Waals surface area contributed by atoms with Crippen molar-refractivity contribution in [3.63, 3.8) is 0 Å². The van der Waals surface area contributed by atoms with Crippen molar-refractivity contribution in [1.29, 1.82) is 0 Å². The van der Waals surface area contributed by atoms with E-state index in [1.165, 1.54) is 36.2 Å². The lowest BCUT2D eigenvalue weighted by molar-refractivity contribution is 0.474. The van der Waals surface area contributed by atoms with Crippen molar-refractivity contribution in [2.24, 2.45) is 0 Å². The largest absolute Gasteiger partial charge is 0.369 e. The quantitative estimate of drug-likeness (QED) is 0.697. The van der Waals surface area contributed by atoms with Gasteiger partial charge in [-0.05, 0) is 50.7 Å². The number of rotatable bonds is 1. The van der Waals surface area contributed by atoms with E-state index in [4.69, 9.17) is 0 Å². The van der Waals surface area contributed by atoms with Gasteiger partial charge >= 0.3 is 0 Å². The van der Waals surface area contributed by atoms with Gasteiger partial charge in [0.25, 0.3) is 0 Å². The summed E-state index contributed by atoms with van der Waals surface area (Å²) < 4.78 is 0. The predicted molar refractivity (Wildman–Crippen MR) is 75.9 cm³/mol. The maximum atomic E-state index is 2.56. The van der Waals surface area contributed by atoms with Gasteiger partial charge in [-0.25, -0.2) is 0 Å². The highest BCUT2D eigenvalue weighted by Crippen LogP contribution is 2.39. The zero-order valence-corrected chi connectivity index (χ0v) is 11.9. The van der Waals surface area contributed by atoms with Gasteiger partial charge in [-0.3, -0.25) is 0 Å². The van der Waals surface area contributed by atoms with Crippen molar-refractivity contribution in [2.45, 2.75) is 58.9 Å². The molecular formula is C16H25N. The zero-order valence-electron chi connectivity index (χ0n) is 11.9. The van der Waals surface area contributed by atoms with Crippen molar-refractivity contribution in [1.82, 2.24) is 0 Å². The van der Waals surface area contributed by atoms with Crippen LogP contribution in [0.4, 0.5) is 5.69 Å². The molecule has 0 unspecified atom stereocenters. The predicted octanol–water partition coefficient (Wildman–Crippen LogP) is 4.28. The Morgan fingerprint density at radius 2 is 1.94 bits per heavy atom. The third kappa shape index (κ3) is 2.34. The zero-order chi connectivity index (χ0) is 12.6. The normalized spacial score (nSPS) is 19.1. The first-order valence-corrected chi connectivity index (χ1v) is 6.79. The Bertz CT molecular complexity index is 404. The van der Waals surface area contributed by atoms with Crippen LogP contribution in [0.2, 0.25) is 0 Å². The summed E-state index contributed by atoms with van der Waals surface area (Å²) in [4.78, 5) is 2.56. The van der Waals surface area contributed by atoms with Crippen molar-refractivity contribution in [2.75, 3.05) is 11.4 Å². The summed E-state index contributed by atoms with van der Waals surface area (Å²) in [5, 5.41) is 0. The molecular weight excluding hydrogens is 206 g/mol. The highest BCUT2D eigenvalue weighted by atomic mass is 15.2. The van der Waals surface area contributed by atoms with Gasteiger partial charge in [0, 0.05) is 18.3 Å². The second kappa shape index (κ2) is 4.36. The lowest BCUT2D eigenvalue weighted by atomic mass is 9.80. The molecule has 0 saturated heterocycles. The van der Waals surface area contributed by atoms with E-state index in [0.29, 0.717) is 11.5 Å². The molecule has 1 aliphatic rings. The molecule has 17 heavy (non-hydrogen) atoms. The highest BCUT2D eigenvalue weighted by molar-refractivity contribution is 5.59. The summed E-state index contributed by atoms with van der Waals surface area (Å²) in [6.07, 6.45) is 2.57. The summed E-state index contributed by atoms with van der Waals surface area (Å²) in [5.74, 6) is 0. The molecule has 0 aliphatic carbocycles. The summed E-state index contributed by atoms with van der Waals surface area (Å²) >= 11 is 0. The lowest BCUT2D eigenvalue weighted by Gasteiger charge is -2.31. The molecule has 1 aliphatic heterocycles. The molecule has 1 nitrogen and oxygen atoms in total. The third-order valence-corrected chi connectivity index (χ3v) is 4.01. The fraction of sp³-hybridized carbons (Fsp3) is 0.625. The van der Waals surface area contributed by atoms with E-state index in [2.05, 4.69) is 57.7 Å². The maximum Gasteiger partial charge on any atom is 0.0406 e. The molecule has 0 N–H and O–H groups in total. The van der Waals surface area contributed by atoms with Crippen LogP contribution >= 0.6 is 0 Å². The number of anilines is 1. The van der Waals surface area contributed by atoms with E-state index in [1.54, 1.807) is 0 Å². The number of hydrogen-bond donors (Lipinski definition) is 0. The summed E-state index contributed by atoms with van der Waals surface area (Å²) in [6.45, 7) is 12.7. The van der Waals surface area contributed by atoms with Crippen LogP contribution in [-0.2, 0) is 5.41 Å². The standard InChI is InChI=1S/C16H25N/c1-12(2)17-10-6-9-16(4,5)14-11-13(3)7-8-15(14)17/h7-8,11-12H,6,9-10H2,1-5H3. The second-order valence-electron chi connectivity index (χ2n) is 6.30. The summed E-state index contributed by atoms with van der Waals surface area (Å²) in [6, 6.07) is 7.54. The van der Waals surface area contributed by atoms with Crippen LogP contribution in [-0.4, -0.2) is 12.6 Å². The fourth-order valence-corrected chi connectivity index (χ4v) is 2.93. The summed E-state index contributed by atoms with van der Waals surface area (Å²) in [5.41, 5.74) is 4.67. The Kier molecular flexibility index (Phi) is 3.20. The molecule has 0 saturated carbocycles. The molecule has 1 aromatic rings. The minimum absolute atomic E-state index is 0.311. The average Bonchev–Trinajstić information content (AvgIpc) is 2.36. The minimum Gasteiger partial charge on any atom is -0.369 e. The molecule has 0 bridgehead atoms. The molecule has 0 amide bonds. The van der Waals surface area contributed by atoms with Gasteiger partial charge in [0.05, 0.1) is 0 Å². The molecule has 1 heteroatoms. The highest BCUT2D eigenvalue weighted by Gasteiger charge is 2.29. The van der Waals surface area contributed by atoms with E-state index >= 15 is 0 Å². The monoisotopic (exact) mass is 231 g/mol. The first-order chi connectivity index (χ1) is 7.92. The molecule has 1 aromatic carbocycles. The number of aryl methyl sites for hydroxylation is 1. The Balaban J connectivity index is 2.56. The molecule has 0 fully saturated rings. The molecule has 94 valence electrons. The first kappa shape index (κ1) is 12.5. The number of fused-ring (bicyclic) bond motifs is 1. The first-order valence-electron chi connectivity index (χ1n) is 6.79. The van der Waals surface area contributed by atoms with Crippen molar-refractivity contribution in [3.8, 4) is 0 Å². The van der Waals surface area contributed by atoms with Crippen LogP contribution in [0, 0.1) is 6.92 Å². The topological polar surface area (TPSA) is 3.24 Å². The molecule has 0 atom stereocenters. The Morgan fingerprint density at radius 3 is 2.59 bits per heavy atom. The van der Waals surface area contributed by atoms with Crippen LogP contribution < -0.4 is 4.90 Å². The smallest absolute Gasteiger partial charge is 0.0406 e. The third-order valence-electron chi connectivity index (χ3n) is 4.01. The Labute approximate surface area is 106 Å². The van der Waals surface area contributed by atoms with Gasteiger partial charge in [-0.2, -0.15) is 0 Å². The average molecular weight is 231 g/mol. The molecule has 0 spiro atoms. The van der Waals surface area contributed by atoms with Gasteiger partial charge in [0.1, 0.15) is 0 Å². The Hall–Kier alpha value is -0.980. The van der Waals surface area contributed by atoms with Crippen LogP contribution in [0.15, 0.2) is 18.2 Å². The fourth-order valence-electron chi connectivity index (χ4n) is 2.93. The van der Waals surface area contributed by atoms with Crippen LogP contribution in [0.3, 0.4) is 0 Å². The van der Waals surface area contributed by atoms with Crippen LogP contribution in [0.5, 0.6) is 0 Å². The second-order valence-corrected chi connectivity index (χ2v) is 6.30. The molecule has 1 heterocycles. The van der Waals surface area contributed by atoms with Gasteiger partial charge in [-0.15, -0.1) is 0 Å². The van der Waals surface area contributed by atoms with E-state index < -0.39 is 0 Å². The van der Waals surface area contributed by atoms with Crippen molar-refractivity contribution < 1.29 is 0 Å². The van der Waals surface area contributed by atoms with Gasteiger partial charge in [-0.1, -0.05) is 31.5 Å². The van der Waals surface area contributed by atoms with Crippen molar-refractivity contribution >= 4 is 5.69 Å². The van der Waals surface area contributed by atoms with E-state index in [-0.39, 0.29) is 0 Å². The SMILES string of the molecule is Cc1ccc2c(c1)C(C)(C)CCCN2C(C)C. The van der Waals surface area contributed by atoms with Crippen molar-refractivity contribution in [3.05, 3.63) is 29.3 Å². The van der Waals surface area contributed by atoms with E-state index in [1.807, 2.05) is 0 Å². The van der Waals surface area contributed by atoms with E-state index in [0.717, 1.165) is 0 Å². The van der Waals surface area contributed by atoms with Crippen LogP contribution in [0.1, 0.15) is 51.7 Å². The molecule has 0 aromatic heterocycles. The molecule has 2 rings (SSSR count). The summed E-state index contributed by atoms with van der Waals surface area (Å²) in [7, 11) is 0. The minimum atomic E-state index is 0.311. The number of benzene rings is 1. The number of nitrogens with zero attached hydrogens (tertiary/aromatic N) is 1. The lowest BCUT2D eigenvalue weighted by Crippen LogP contribution is -2.31. The molecule has 0 radical (unpaired) electrons. The van der Waals surface area contributed by atoms with Gasteiger partial charge < -0.3 is 4.90 Å². The van der Waals surface area contributed by atoms with Gasteiger partial charge in [0.2, 0.25) is 0 Å². The van der Waals surface area contributed by atoms with Gasteiger partial charge in [0.15, 0.2) is 0 Å². The van der Waals surface area contributed by atoms with E-state index in [9.17, 15) is 0 Å². The number of hydrogen-bond acceptors (Lipinski definition) is 1. The Morgan fingerprint density at radius 1 is 1.24 bits per heavy atom.